The van der Waals surface area contributed by atoms with Gasteiger partial charge in [-0.05, 0) is 19.4 Å². The van der Waals surface area contributed by atoms with Gasteiger partial charge in [-0.3, -0.25) is 4.90 Å². The average molecular weight is 357 g/mol. The molecule has 0 aliphatic carbocycles. The zero-order valence-electron chi connectivity index (χ0n) is 15.2. The van der Waals surface area contributed by atoms with Crippen LogP contribution in [0.4, 0.5) is 11.6 Å². The van der Waals surface area contributed by atoms with Crippen LogP contribution in [0.3, 0.4) is 0 Å². The van der Waals surface area contributed by atoms with E-state index in [0.717, 1.165) is 37.7 Å². The molecular formula is C19H27N5O2. The van der Waals surface area contributed by atoms with Crippen molar-refractivity contribution < 1.29 is 9.84 Å². The van der Waals surface area contributed by atoms with Gasteiger partial charge in [0.25, 0.3) is 0 Å². The highest BCUT2D eigenvalue weighted by Crippen LogP contribution is 2.25. The molecule has 26 heavy (non-hydrogen) atoms. The highest BCUT2D eigenvalue weighted by atomic mass is 16.5. The van der Waals surface area contributed by atoms with Gasteiger partial charge in [0.1, 0.15) is 23.7 Å². The molecule has 3 rings (SSSR count). The number of benzene rings is 1. The van der Waals surface area contributed by atoms with E-state index in [1.807, 2.05) is 25.1 Å². The zero-order chi connectivity index (χ0) is 18.4. The van der Waals surface area contributed by atoms with Crippen LogP contribution < -0.4 is 15.4 Å². The monoisotopic (exact) mass is 357 g/mol. The van der Waals surface area contributed by atoms with Gasteiger partial charge in [-0.2, -0.15) is 0 Å². The summed E-state index contributed by atoms with van der Waals surface area (Å²) in [5.41, 5.74) is 6.97. The van der Waals surface area contributed by atoms with E-state index in [9.17, 15) is 5.11 Å². The van der Waals surface area contributed by atoms with Crippen LogP contribution in [0.1, 0.15) is 18.9 Å². The number of hydrogen-bond donors (Lipinski definition) is 2. The second-order valence-electron chi connectivity index (χ2n) is 6.42. The van der Waals surface area contributed by atoms with Gasteiger partial charge in [-0.1, -0.05) is 18.2 Å². The van der Waals surface area contributed by atoms with E-state index in [2.05, 4.69) is 25.8 Å². The Balaban J connectivity index is 1.73. The SMILES string of the molecule is CCOc1ccccc1CN1CCN(c2cc(N)ncn2)C[C@@H]1CCO. The second kappa shape index (κ2) is 8.82. The number of aliphatic hydroxyl groups excluding tert-OH is 1. The third-order valence-corrected chi connectivity index (χ3v) is 4.71. The number of piperazine rings is 1. The van der Waals surface area contributed by atoms with Crippen LogP contribution in [0, 0.1) is 0 Å². The van der Waals surface area contributed by atoms with Crippen LogP contribution in [0.25, 0.3) is 0 Å². The number of nitrogen functional groups attached to an aromatic ring is 1. The summed E-state index contributed by atoms with van der Waals surface area (Å²) in [5.74, 6) is 2.25. The lowest BCUT2D eigenvalue weighted by Gasteiger charge is -2.42. The smallest absolute Gasteiger partial charge is 0.134 e. The molecule has 1 atom stereocenters. The molecule has 1 aliphatic rings. The molecular weight excluding hydrogens is 330 g/mol. The van der Waals surface area contributed by atoms with Crippen molar-refractivity contribution in [3.8, 4) is 5.75 Å². The van der Waals surface area contributed by atoms with Crippen LogP contribution >= 0.6 is 0 Å². The molecule has 1 fully saturated rings. The number of para-hydroxylation sites is 1. The number of nitrogens with zero attached hydrogens (tertiary/aromatic N) is 4. The molecule has 0 amide bonds. The van der Waals surface area contributed by atoms with Gasteiger partial charge in [-0.15, -0.1) is 0 Å². The number of hydrogen-bond acceptors (Lipinski definition) is 7. The Morgan fingerprint density at radius 2 is 2.12 bits per heavy atom. The normalized spacial score (nSPS) is 18.1. The summed E-state index contributed by atoms with van der Waals surface area (Å²) >= 11 is 0. The van der Waals surface area contributed by atoms with E-state index >= 15 is 0 Å². The van der Waals surface area contributed by atoms with E-state index in [1.165, 1.54) is 11.9 Å². The van der Waals surface area contributed by atoms with Crippen molar-refractivity contribution >= 4 is 11.6 Å². The first-order chi connectivity index (χ1) is 12.7. The van der Waals surface area contributed by atoms with Crippen molar-refractivity contribution in [3.63, 3.8) is 0 Å². The maximum absolute atomic E-state index is 9.53. The molecule has 0 radical (unpaired) electrons. The standard InChI is InChI=1S/C19H27N5O2/c1-2-26-17-6-4-3-5-15(17)12-23-8-9-24(13-16(23)7-10-25)19-11-18(20)21-14-22-19/h3-6,11,14,16,25H,2,7-10,12-13H2,1H3,(H2,20,21,22)/t16-/m0/s1. The molecule has 1 aromatic heterocycles. The summed E-state index contributed by atoms with van der Waals surface area (Å²) in [6.45, 7) is 6.16. The van der Waals surface area contributed by atoms with Crippen molar-refractivity contribution in [1.82, 2.24) is 14.9 Å². The fourth-order valence-corrected chi connectivity index (χ4v) is 3.42. The summed E-state index contributed by atoms with van der Waals surface area (Å²) in [4.78, 5) is 12.9. The largest absolute Gasteiger partial charge is 0.494 e. The minimum Gasteiger partial charge on any atom is -0.494 e. The van der Waals surface area contributed by atoms with Crippen molar-refractivity contribution in [2.75, 3.05) is 43.5 Å². The van der Waals surface area contributed by atoms with E-state index in [1.54, 1.807) is 6.07 Å². The van der Waals surface area contributed by atoms with Crippen LogP contribution in [0.15, 0.2) is 36.7 Å². The number of rotatable bonds is 7. The lowest BCUT2D eigenvalue weighted by molar-refractivity contribution is 0.134. The molecule has 1 saturated heterocycles. The third-order valence-electron chi connectivity index (χ3n) is 4.71. The van der Waals surface area contributed by atoms with Crippen LogP contribution in [0.5, 0.6) is 5.75 Å². The molecule has 2 aromatic rings. The van der Waals surface area contributed by atoms with Gasteiger partial charge in [0.15, 0.2) is 0 Å². The van der Waals surface area contributed by atoms with Gasteiger partial charge in [0, 0.05) is 50.5 Å². The maximum atomic E-state index is 9.53. The Bertz CT molecular complexity index is 712. The van der Waals surface area contributed by atoms with Gasteiger partial charge < -0.3 is 20.5 Å². The Labute approximate surface area is 154 Å². The third kappa shape index (κ3) is 4.42. The molecule has 140 valence electrons. The average Bonchev–Trinajstić information content (AvgIpc) is 2.65. The summed E-state index contributed by atoms with van der Waals surface area (Å²) in [5, 5.41) is 9.53. The molecule has 7 heteroatoms. The van der Waals surface area contributed by atoms with Crippen molar-refractivity contribution in [2.24, 2.45) is 0 Å². The van der Waals surface area contributed by atoms with E-state index in [4.69, 9.17) is 10.5 Å². The Morgan fingerprint density at radius 3 is 2.88 bits per heavy atom. The molecule has 0 saturated carbocycles. The van der Waals surface area contributed by atoms with Crippen molar-refractivity contribution in [3.05, 3.63) is 42.2 Å². The van der Waals surface area contributed by atoms with Crippen molar-refractivity contribution in [1.29, 1.82) is 0 Å². The van der Waals surface area contributed by atoms with Crippen LogP contribution in [-0.2, 0) is 6.54 Å². The minimum atomic E-state index is 0.161. The van der Waals surface area contributed by atoms with E-state index < -0.39 is 0 Å². The molecule has 7 nitrogen and oxygen atoms in total. The molecule has 0 spiro atoms. The molecule has 1 aromatic carbocycles. The molecule has 0 bridgehead atoms. The molecule has 1 aliphatic heterocycles. The molecule has 3 N–H and O–H groups in total. The highest BCUT2D eigenvalue weighted by molar-refractivity contribution is 5.46. The number of aliphatic hydroxyl groups is 1. The molecule has 0 unspecified atom stereocenters. The zero-order valence-corrected chi connectivity index (χ0v) is 15.2. The Hall–Kier alpha value is -2.38. The van der Waals surface area contributed by atoms with Gasteiger partial charge in [-0.25, -0.2) is 9.97 Å². The first-order valence-electron chi connectivity index (χ1n) is 9.09. The lowest BCUT2D eigenvalue weighted by atomic mass is 10.1. The van der Waals surface area contributed by atoms with E-state index in [0.29, 0.717) is 18.8 Å². The predicted molar refractivity (Wildman–Crippen MR) is 102 cm³/mol. The van der Waals surface area contributed by atoms with E-state index in [-0.39, 0.29) is 12.6 Å². The lowest BCUT2D eigenvalue weighted by Crippen LogP contribution is -2.53. The summed E-state index contributed by atoms with van der Waals surface area (Å²) in [6.07, 6.45) is 2.21. The van der Waals surface area contributed by atoms with Gasteiger partial charge in [0.05, 0.1) is 6.61 Å². The van der Waals surface area contributed by atoms with Crippen LogP contribution in [-0.4, -0.2) is 58.9 Å². The maximum Gasteiger partial charge on any atom is 0.134 e. The second-order valence-corrected chi connectivity index (χ2v) is 6.42. The first-order valence-corrected chi connectivity index (χ1v) is 9.09. The van der Waals surface area contributed by atoms with Crippen molar-refractivity contribution in [2.45, 2.75) is 25.9 Å². The fraction of sp³-hybridized carbons (Fsp3) is 0.474. The summed E-state index contributed by atoms with van der Waals surface area (Å²) < 4.78 is 5.76. The number of ether oxygens (including phenoxy) is 1. The van der Waals surface area contributed by atoms with Gasteiger partial charge in [0.2, 0.25) is 0 Å². The van der Waals surface area contributed by atoms with Gasteiger partial charge >= 0.3 is 0 Å². The number of nitrogens with two attached hydrogens (primary N) is 1. The number of anilines is 2. The first kappa shape index (κ1) is 18.4. The minimum absolute atomic E-state index is 0.161. The quantitative estimate of drug-likeness (QED) is 0.777. The Kier molecular flexibility index (Phi) is 6.25. The van der Waals surface area contributed by atoms with Crippen LogP contribution in [0.2, 0.25) is 0 Å². The summed E-state index contributed by atoms with van der Waals surface area (Å²) in [7, 11) is 0. The number of aromatic nitrogens is 2. The molecule has 2 heterocycles. The summed E-state index contributed by atoms with van der Waals surface area (Å²) in [6, 6.07) is 10.2. The highest BCUT2D eigenvalue weighted by Gasteiger charge is 2.28. The Morgan fingerprint density at radius 1 is 1.27 bits per heavy atom. The predicted octanol–water partition coefficient (Wildman–Crippen LogP) is 1.53. The topological polar surface area (TPSA) is 87.7 Å². The fourth-order valence-electron chi connectivity index (χ4n) is 3.42.